The molecule has 0 radical (unpaired) electrons. The largest absolute Gasteiger partial charge is 1.00 e. The topological polar surface area (TPSA) is 319 Å². The Morgan fingerprint density at radius 3 is 0.939 bits per heavy atom. The molecule has 3 fully saturated rings. The molecule has 0 spiro atoms. The monoisotopic (exact) mass is 1460 g/mol. The third-order valence-corrected chi connectivity index (χ3v) is 13.3. The van der Waals surface area contributed by atoms with E-state index >= 15 is 0 Å². The molecule has 40 heteroatoms. The van der Waals surface area contributed by atoms with E-state index in [4.69, 9.17) is 80.9 Å². The zero-order valence-corrected chi connectivity index (χ0v) is 52.8. The molecule has 558 valence electrons. The summed E-state index contributed by atoms with van der Waals surface area (Å²) in [7, 11) is 5.14. The van der Waals surface area contributed by atoms with E-state index in [9.17, 15) is 83.8 Å². The number of nitrogens with zero attached hydrogens (tertiary/aromatic N) is 3. The van der Waals surface area contributed by atoms with Gasteiger partial charge in [-0.3, -0.25) is 14.6 Å². The number of hydrogen-bond donors (Lipinski definition) is 8. The van der Waals surface area contributed by atoms with Crippen LogP contribution in [0.1, 0.15) is 75.9 Å². The molecule has 0 aromatic heterocycles. The Labute approximate surface area is 575 Å². The molecule has 6 rings (SSSR count). The molecule has 3 saturated heterocycles. The van der Waals surface area contributed by atoms with Crippen molar-refractivity contribution in [2.75, 3.05) is 73.9 Å². The van der Waals surface area contributed by atoms with Crippen LogP contribution in [0, 0.1) is 17.5 Å². The average Bonchev–Trinajstić information content (AvgIpc) is 1.62. The van der Waals surface area contributed by atoms with Crippen LogP contribution in [0.25, 0.3) is 0 Å². The number of ether oxygens (including phenoxy) is 3. The van der Waals surface area contributed by atoms with Crippen LogP contribution >= 0.6 is 0 Å². The molecule has 0 aliphatic carbocycles. The predicted octanol–water partition coefficient (Wildman–Crippen LogP) is 5.21. The van der Waals surface area contributed by atoms with Gasteiger partial charge in [0, 0.05) is 77.6 Å². The van der Waals surface area contributed by atoms with Crippen molar-refractivity contribution in [1.29, 1.82) is 0 Å². The number of nitrogens with two attached hydrogens (primary N) is 3. The molecule has 6 atom stereocenters. The molecule has 3 aromatic rings. The van der Waals surface area contributed by atoms with E-state index in [0.717, 1.165) is 82.7 Å². The standard InChI is InChI=1S/C16H23FN2O2.2C16H25FN2O.5C2HF3O2.Al.Li.4H/c1-21-11-14-6-4-8-19(14)16(20)10-13(18)9-12-5-2-3-7-15(12)17;2*1-20-12-15-6-4-9-19(15)10-8-14(18)11-13-5-2-3-7-16(13)17;5*3-2(4,5)1(6)7;;;;;;/h2-3,5,7,13-14H,4,6,8-11,18H2,1H3;2*2-3,5,7,14-15H,4,6,8-12,18H2,1H3;5*(H,6,7);;;;;;/q;;;;;;;;;+1;;;;-1/t13-,14+;2*14-,15-;;;;;;;;;;;/m100.........../s1. The third kappa shape index (κ3) is 44.9. The summed E-state index contributed by atoms with van der Waals surface area (Å²) < 4.78 is 215. The van der Waals surface area contributed by atoms with Gasteiger partial charge >= 0.3 is 79.6 Å². The molecule has 3 heterocycles. The SMILES string of the molecule is COC[C@@H]1CCCN1C(=O)C[C@H](N)Cc1ccccc1F.COC[C@@H]1CCCN1CC[C@H](N)Cc1ccccc1F.COC[C@@H]1CCCN1CC[C@H](N)Cc1ccccc1F.O=C(O)C(F)(F)F.O=C(O)C(F)(F)F.O=C(O)C(F)(F)F.O=C(O)C(F)(F)F.O=C(O)C(F)(F)F.[AlH3].[H-].[Li+]. The second-order valence-corrected chi connectivity index (χ2v) is 20.9. The first kappa shape index (κ1) is 98.4. The van der Waals surface area contributed by atoms with Crippen molar-refractivity contribution in [2.45, 2.75) is 144 Å². The van der Waals surface area contributed by atoms with Crippen LogP contribution in [0.2, 0.25) is 0 Å². The molecule has 20 nitrogen and oxygen atoms in total. The number of aliphatic carboxylic acids is 5. The number of likely N-dealkylation sites (tertiary alicyclic amines) is 3. The number of carbonyl (C=O) groups is 6. The summed E-state index contributed by atoms with van der Waals surface area (Å²) >= 11 is 0. The molecular formula is C58H82AlF18LiN6O14. The van der Waals surface area contributed by atoms with Crippen LogP contribution in [-0.2, 0) is 62.2 Å². The van der Waals surface area contributed by atoms with Crippen molar-refractivity contribution >= 4 is 53.1 Å². The number of benzene rings is 3. The van der Waals surface area contributed by atoms with Gasteiger partial charge < -0.3 is 63.3 Å². The van der Waals surface area contributed by atoms with Gasteiger partial charge in [-0.05, 0) is 119 Å². The fraction of sp³-hybridized carbons (Fsp3) is 0.586. The van der Waals surface area contributed by atoms with Crippen molar-refractivity contribution < 1.29 is 168 Å². The summed E-state index contributed by atoms with van der Waals surface area (Å²) in [6.45, 7) is 7.12. The predicted molar refractivity (Wildman–Crippen MR) is 317 cm³/mol. The summed E-state index contributed by atoms with van der Waals surface area (Å²) in [5.74, 6) is -14.3. The fourth-order valence-corrected chi connectivity index (χ4v) is 8.79. The van der Waals surface area contributed by atoms with E-state index in [1.165, 1.54) is 43.9 Å². The Bertz CT molecular complexity index is 2560. The number of carboxylic acids is 5. The number of carbonyl (C=O) groups excluding carboxylic acids is 1. The molecule has 11 N–H and O–H groups in total. The number of alkyl halides is 15. The van der Waals surface area contributed by atoms with Crippen molar-refractivity contribution in [1.82, 2.24) is 14.7 Å². The van der Waals surface area contributed by atoms with Gasteiger partial charge in [-0.15, -0.1) is 0 Å². The van der Waals surface area contributed by atoms with Gasteiger partial charge in [0.1, 0.15) is 17.5 Å². The fourth-order valence-electron chi connectivity index (χ4n) is 8.79. The third-order valence-electron chi connectivity index (χ3n) is 13.3. The molecular weight excluding hydrogens is 1380 g/mol. The van der Waals surface area contributed by atoms with Crippen LogP contribution in [0.5, 0.6) is 0 Å². The van der Waals surface area contributed by atoms with Gasteiger partial charge in [0.25, 0.3) is 0 Å². The molecule has 0 bridgehead atoms. The molecule has 1 amide bonds. The normalized spacial score (nSPS) is 16.9. The molecule has 3 aliphatic rings. The maximum atomic E-state index is 13.6. The molecule has 98 heavy (non-hydrogen) atoms. The van der Waals surface area contributed by atoms with Gasteiger partial charge in [0.05, 0.1) is 25.9 Å². The zero-order chi connectivity index (χ0) is 74.4. The molecule has 3 aromatic carbocycles. The van der Waals surface area contributed by atoms with Gasteiger partial charge in [-0.1, -0.05) is 54.6 Å². The van der Waals surface area contributed by atoms with Crippen molar-refractivity contribution in [3.8, 4) is 0 Å². The number of rotatable bonds is 20. The van der Waals surface area contributed by atoms with Gasteiger partial charge in [0.2, 0.25) is 5.91 Å². The van der Waals surface area contributed by atoms with E-state index in [1.54, 1.807) is 51.7 Å². The summed E-state index contributed by atoms with van der Waals surface area (Å²) in [6, 6.07) is 21.2. The van der Waals surface area contributed by atoms with Gasteiger partial charge in [-0.2, -0.15) is 65.9 Å². The first-order chi connectivity index (χ1) is 44.2. The van der Waals surface area contributed by atoms with Crippen LogP contribution < -0.4 is 36.1 Å². The van der Waals surface area contributed by atoms with Gasteiger partial charge in [-0.25, -0.2) is 37.1 Å². The smallest absolute Gasteiger partial charge is 1.00 e. The van der Waals surface area contributed by atoms with Crippen LogP contribution in [0.3, 0.4) is 0 Å². The van der Waals surface area contributed by atoms with Crippen LogP contribution in [-0.4, -0.2) is 234 Å². The minimum Gasteiger partial charge on any atom is -1.00 e. The number of amides is 1. The first-order valence-corrected chi connectivity index (χ1v) is 28.5. The first-order valence-electron chi connectivity index (χ1n) is 28.5. The summed E-state index contributed by atoms with van der Waals surface area (Å²) in [5, 5.41) is 35.6. The summed E-state index contributed by atoms with van der Waals surface area (Å²) in [4.78, 5) is 63.5. The van der Waals surface area contributed by atoms with E-state index in [0.29, 0.717) is 43.5 Å². The number of hydrogen-bond acceptors (Lipinski definition) is 14. The van der Waals surface area contributed by atoms with E-state index in [1.807, 2.05) is 29.2 Å². The maximum absolute atomic E-state index is 13.6. The second-order valence-electron chi connectivity index (χ2n) is 20.9. The number of halogens is 18. The Hall–Kier alpha value is -5.97. The van der Waals surface area contributed by atoms with E-state index in [-0.39, 0.29) is 91.6 Å². The Balaban J connectivity index is -0.000000357. The Morgan fingerprint density at radius 2 is 0.684 bits per heavy atom. The molecule has 0 saturated carbocycles. The quantitative estimate of drug-likeness (QED) is 0.0531. The maximum Gasteiger partial charge on any atom is 1.00 e. The van der Waals surface area contributed by atoms with Crippen LogP contribution in [0.15, 0.2) is 72.8 Å². The second kappa shape index (κ2) is 49.5. The number of methoxy groups -OCH3 is 3. The summed E-state index contributed by atoms with van der Waals surface area (Å²) in [5.41, 5.74) is 20.3. The minimum absolute atomic E-state index is 0. The number of carboxylic acid groups (broad SMARTS) is 5. The van der Waals surface area contributed by atoms with Crippen molar-refractivity contribution in [2.24, 2.45) is 17.2 Å². The van der Waals surface area contributed by atoms with Gasteiger partial charge in [0.15, 0.2) is 17.4 Å². The van der Waals surface area contributed by atoms with Crippen molar-refractivity contribution in [3.05, 3.63) is 107 Å². The molecule has 3 aliphatic heterocycles. The zero-order valence-electron chi connectivity index (χ0n) is 53.8. The molecule has 0 unspecified atom stereocenters. The Morgan fingerprint density at radius 1 is 0.449 bits per heavy atom. The Kier molecular flexibility index (Phi) is 49.8. The van der Waals surface area contributed by atoms with Crippen molar-refractivity contribution in [3.63, 3.8) is 0 Å². The summed E-state index contributed by atoms with van der Waals surface area (Å²) in [6.07, 6.45) is -14.9. The van der Waals surface area contributed by atoms with Crippen LogP contribution in [0.4, 0.5) is 79.0 Å². The van der Waals surface area contributed by atoms with E-state index < -0.39 is 60.7 Å². The average molecular weight is 1460 g/mol. The van der Waals surface area contributed by atoms with E-state index in [2.05, 4.69) is 9.80 Å². The minimum atomic E-state index is -5.08.